The second-order valence-electron chi connectivity index (χ2n) is 5.51. The molecule has 4 nitrogen and oxygen atoms in total. The van der Waals surface area contributed by atoms with Crippen LogP contribution in [-0.2, 0) is 11.3 Å². The first-order chi connectivity index (χ1) is 9.42. The van der Waals surface area contributed by atoms with E-state index in [1.807, 2.05) is 13.0 Å². The summed E-state index contributed by atoms with van der Waals surface area (Å²) >= 11 is 0. The normalized spacial score (nSPS) is 11.6. The van der Waals surface area contributed by atoms with Gasteiger partial charge in [-0.05, 0) is 40.7 Å². The van der Waals surface area contributed by atoms with Crippen molar-refractivity contribution in [1.29, 1.82) is 0 Å². The molecule has 0 saturated heterocycles. The lowest BCUT2D eigenvalue weighted by atomic mass is 10.1. The van der Waals surface area contributed by atoms with Gasteiger partial charge in [0.15, 0.2) is 5.78 Å². The standard InChI is InChI=1S/C16H28N2O2/c1-7-18-13(4)10-15(14(18)5)16(19)11-17(12(2)3)8-9-20-6/h10,12H,7-9,11H2,1-6H3. The molecular weight excluding hydrogens is 252 g/mol. The lowest BCUT2D eigenvalue weighted by molar-refractivity contribution is 0.0851. The van der Waals surface area contributed by atoms with Gasteiger partial charge in [-0.1, -0.05) is 0 Å². The Labute approximate surface area is 122 Å². The summed E-state index contributed by atoms with van der Waals surface area (Å²) in [5.41, 5.74) is 3.08. The molecule has 0 aliphatic rings. The van der Waals surface area contributed by atoms with Crippen LogP contribution in [0.5, 0.6) is 0 Å². The topological polar surface area (TPSA) is 34.5 Å². The van der Waals surface area contributed by atoms with Crippen LogP contribution >= 0.6 is 0 Å². The number of hydrogen-bond acceptors (Lipinski definition) is 3. The van der Waals surface area contributed by atoms with Crippen LogP contribution in [0.2, 0.25) is 0 Å². The Morgan fingerprint density at radius 3 is 2.50 bits per heavy atom. The first-order valence-corrected chi connectivity index (χ1v) is 7.35. The van der Waals surface area contributed by atoms with E-state index in [0.29, 0.717) is 19.2 Å². The molecule has 0 aromatic carbocycles. The number of aryl methyl sites for hydroxylation is 1. The summed E-state index contributed by atoms with van der Waals surface area (Å²) in [6, 6.07) is 2.35. The van der Waals surface area contributed by atoms with Gasteiger partial charge in [-0.25, -0.2) is 0 Å². The maximum atomic E-state index is 12.5. The SMILES string of the molecule is CCn1c(C)cc(C(=O)CN(CCOC)C(C)C)c1C. The van der Waals surface area contributed by atoms with E-state index in [1.165, 1.54) is 0 Å². The van der Waals surface area contributed by atoms with Gasteiger partial charge in [0.25, 0.3) is 0 Å². The molecule has 0 aliphatic heterocycles. The number of ether oxygens (including phenoxy) is 1. The predicted octanol–water partition coefficient (Wildman–Crippen LogP) is 2.66. The fourth-order valence-corrected chi connectivity index (χ4v) is 2.57. The Morgan fingerprint density at radius 2 is 2.05 bits per heavy atom. The monoisotopic (exact) mass is 280 g/mol. The maximum Gasteiger partial charge on any atom is 0.178 e. The lowest BCUT2D eigenvalue weighted by Gasteiger charge is -2.25. The molecule has 0 fully saturated rings. The number of methoxy groups -OCH3 is 1. The van der Waals surface area contributed by atoms with Crippen molar-refractivity contribution in [3.63, 3.8) is 0 Å². The van der Waals surface area contributed by atoms with Crippen LogP contribution in [0.4, 0.5) is 0 Å². The molecule has 0 spiro atoms. The van der Waals surface area contributed by atoms with Crippen molar-refractivity contribution in [2.24, 2.45) is 0 Å². The summed E-state index contributed by atoms with van der Waals surface area (Å²) in [7, 11) is 1.69. The zero-order valence-corrected chi connectivity index (χ0v) is 13.7. The van der Waals surface area contributed by atoms with Gasteiger partial charge >= 0.3 is 0 Å². The molecular formula is C16H28N2O2. The van der Waals surface area contributed by atoms with Crippen molar-refractivity contribution in [3.8, 4) is 0 Å². The van der Waals surface area contributed by atoms with Crippen molar-refractivity contribution in [2.45, 2.75) is 47.2 Å². The van der Waals surface area contributed by atoms with E-state index >= 15 is 0 Å². The number of Topliss-reactive ketones (excluding diaryl/α,β-unsaturated/α-hetero) is 1. The van der Waals surface area contributed by atoms with Crippen molar-refractivity contribution in [2.75, 3.05) is 26.8 Å². The smallest absolute Gasteiger partial charge is 0.178 e. The highest BCUT2D eigenvalue weighted by Crippen LogP contribution is 2.16. The van der Waals surface area contributed by atoms with Crippen LogP contribution in [-0.4, -0.2) is 48.1 Å². The van der Waals surface area contributed by atoms with Crippen LogP contribution in [0.25, 0.3) is 0 Å². The number of carbonyl (C=O) groups is 1. The Morgan fingerprint density at radius 1 is 1.40 bits per heavy atom. The molecule has 1 rings (SSSR count). The average molecular weight is 280 g/mol. The third-order valence-corrected chi connectivity index (χ3v) is 3.85. The molecule has 1 heterocycles. The first kappa shape index (κ1) is 16.9. The van der Waals surface area contributed by atoms with Gasteiger partial charge in [-0.3, -0.25) is 9.69 Å². The molecule has 0 unspecified atom stereocenters. The number of hydrogen-bond donors (Lipinski definition) is 0. The van der Waals surface area contributed by atoms with Crippen molar-refractivity contribution >= 4 is 5.78 Å². The number of ketones is 1. The fraction of sp³-hybridized carbons (Fsp3) is 0.688. The zero-order chi connectivity index (χ0) is 15.3. The van der Waals surface area contributed by atoms with Gasteiger partial charge in [0, 0.05) is 43.2 Å². The first-order valence-electron chi connectivity index (χ1n) is 7.35. The highest BCUT2D eigenvalue weighted by Gasteiger charge is 2.19. The Kier molecular flexibility index (Phi) is 6.43. The summed E-state index contributed by atoms with van der Waals surface area (Å²) < 4.78 is 7.30. The minimum atomic E-state index is 0.197. The van der Waals surface area contributed by atoms with Crippen LogP contribution in [0, 0.1) is 13.8 Å². The summed E-state index contributed by atoms with van der Waals surface area (Å²) in [6.45, 7) is 13.2. The molecule has 0 saturated carbocycles. The molecule has 0 atom stereocenters. The van der Waals surface area contributed by atoms with E-state index in [4.69, 9.17) is 4.74 Å². The molecule has 0 radical (unpaired) electrons. The Hall–Kier alpha value is -1.13. The summed E-state index contributed by atoms with van der Waals surface area (Å²) in [6.07, 6.45) is 0. The number of rotatable bonds is 8. The number of carbonyl (C=O) groups excluding carboxylic acids is 1. The largest absolute Gasteiger partial charge is 0.383 e. The summed E-state index contributed by atoms with van der Waals surface area (Å²) in [5.74, 6) is 0.197. The zero-order valence-electron chi connectivity index (χ0n) is 13.7. The van der Waals surface area contributed by atoms with Gasteiger partial charge < -0.3 is 9.30 Å². The van der Waals surface area contributed by atoms with Gasteiger partial charge in [0.1, 0.15) is 0 Å². The number of aromatic nitrogens is 1. The van der Waals surface area contributed by atoms with E-state index in [1.54, 1.807) is 7.11 Å². The maximum absolute atomic E-state index is 12.5. The summed E-state index contributed by atoms with van der Waals surface area (Å²) in [5, 5.41) is 0. The van der Waals surface area contributed by atoms with Crippen molar-refractivity contribution in [3.05, 3.63) is 23.0 Å². The van der Waals surface area contributed by atoms with Crippen molar-refractivity contribution in [1.82, 2.24) is 9.47 Å². The second-order valence-corrected chi connectivity index (χ2v) is 5.51. The molecule has 0 bridgehead atoms. The van der Waals surface area contributed by atoms with Crippen molar-refractivity contribution < 1.29 is 9.53 Å². The quantitative estimate of drug-likeness (QED) is 0.687. The minimum Gasteiger partial charge on any atom is -0.383 e. The fourth-order valence-electron chi connectivity index (χ4n) is 2.57. The third kappa shape index (κ3) is 3.93. The van der Waals surface area contributed by atoms with Crippen LogP contribution in [0.3, 0.4) is 0 Å². The second kappa shape index (κ2) is 7.60. The highest BCUT2D eigenvalue weighted by molar-refractivity contribution is 5.99. The molecule has 0 amide bonds. The van der Waals surface area contributed by atoms with Crippen LogP contribution in [0.1, 0.15) is 42.5 Å². The highest BCUT2D eigenvalue weighted by atomic mass is 16.5. The Balaban J connectivity index is 2.84. The molecule has 4 heteroatoms. The van der Waals surface area contributed by atoms with Crippen LogP contribution < -0.4 is 0 Å². The molecule has 1 aromatic heterocycles. The van der Waals surface area contributed by atoms with E-state index in [2.05, 4.69) is 37.2 Å². The van der Waals surface area contributed by atoms with Gasteiger partial charge in [-0.2, -0.15) is 0 Å². The van der Waals surface area contributed by atoms with E-state index < -0.39 is 0 Å². The van der Waals surface area contributed by atoms with E-state index in [9.17, 15) is 4.79 Å². The van der Waals surface area contributed by atoms with Gasteiger partial charge in [0.05, 0.1) is 13.2 Å². The third-order valence-electron chi connectivity index (χ3n) is 3.85. The molecule has 0 aliphatic carbocycles. The number of nitrogens with zero attached hydrogens (tertiary/aromatic N) is 2. The van der Waals surface area contributed by atoms with E-state index in [0.717, 1.165) is 30.0 Å². The van der Waals surface area contributed by atoms with E-state index in [-0.39, 0.29) is 5.78 Å². The molecule has 114 valence electrons. The molecule has 0 N–H and O–H groups in total. The predicted molar refractivity (Wildman–Crippen MR) is 82.5 cm³/mol. The van der Waals surface area contributed by atoms with Crippen LogP contribution in [0.15, 0.2) is 6.07 Å². The summed E-state index contributed by atoms with van der Waals surface area (Å²) in [4.78, 5) is 14.7. The van der Waals surface area contributed by atoms with Gasteiger partial charge in [-0.15, -0.1) is 0 Å². The Bertz CT molecular complexity index is 450. The average Bonchev–Trinajstić information content (AvgIpc) is 2.68. The molecule has 20 heavy (non-hydrogen) atoms. The molecule has 1 aromatic rings. The van der Waals surface area contributed by atoms with Gasteiger partial charge in [0.2, 0.25) is 0 Å². The minimum absolute atomic E-state index is 0.197. The lowest BCUT2D eigenvalue weighted by Crippen LogP contribution is -2.38.